The summed E-state index contributed by atoms with van der Waals surface area (Å²) in [6.45, 7) is 6.85. The monoisotopic (exact) mass is 274 g/mol. The van der Waals surface area contributed by atoms with Crippen LogP contribution in [0, 0.1) is 16.7 Å². The van der Waals surface area contributed by atoms with Gasteiger partial charge in [0, 0.05) is 11.6 Å². The van der Waals surface area contributed by atoms with Gasteiger partial charge in [0.2, 0.25) is 0 Å². The van der Waals surface area contributed by atoms with Gasteiger partial charge in [-0.25, -0.2) is 9.78 Å². The Morgan fingerprint density at radius 1 is 1.45 bits per heavy atom. The van der Waals surface area contributed by atoms with E-state index in [0.717, 1.165) is 12.8 Å². The average molecular weight is 274 g/mol. The third-order valence-electron chi connectivity index (χ3n) is 6.00. The maximum absolute atomic E-state index is 12.3. The molecule has 0 saturated heterocycles. The Balaban J connectivity index is 1.81. The second kappa shape index (κ2) is 4.21. The van der Waals surface area contributed by atoms with E-state index in [2.05, 4.69) is 25.8 Å². The molecule has 2 fully saturated rings. The standard InChI is InChI=1S/C16H22N2O2/c1-15(2)10-6-7-16(15,3)12(9-10)20-14(19)13-11(17)5-4-8-18-13/h4-5,8,10,12H,6-7,9,17H2,1-3H3. The lowest BCUT2D eigenvalue weighted by Gasteiger charge is -2.38. The Morgan fingerprint density at radius 2 is 2.20 bits per heavy atom. The highest BCUT2D eigenvalue weighted by Crippen LogP contribution is 2.66. The molecule has 2 N–H and O–H groups in total. The number of hydrogen-bond acceptors (Lipinski definition) is 4. The molecule has 3 atom stereocenters. The van der Waals surface area contributed by atoms with E-state index >= 15 is 0 Å². The summed E-state index contributed by atoms with van der Waals surface area (Å²) in [4.78, 5) is 16.3. The second-order valence-corrected chi connectivity index (χ2v) is 6.95. The molecule has 4 nitrogen and oxygen atoms in total. The number of pyridine rings is 1. The minimum atomic E-state index is -0.391. The van der Waals surface area contributed by atoms with E-state index in [9.17, 15) is 4.79 Å². The van der Waals surface area contributed by atoms with Crippen LogP contribution >= 0.6 is 0 Å². The first kappa shape index (κ1) is 13.4. The van der Waals surface area contributed by atoms with Gasteiger partial charge in [-0.05, 0) is 42.7 Å². The van der Waals surface area contributed by atoms with Crippen LogP contribution in [-0.2, 0) is 4.74 Å². The molecule has 0 radical (unpaired) electrons. The van der Waals surface area contributed by atoms with Crippen LogP contribution in [0.5, 0.6) is 0 Å². The van der Waals surface area contributed by atoms with Gasteiger partial charge in [-0.1, -0.05) is 20.8 Å². The molecule has 2 aliphatic carbocycles. The largest absolute Gasteiger partial charge is 0.457 e. The van der Waals surface area contributed by atoms with Crippen LogP contribution in [-0.4, -0.2) is 17.1 Å². The molecule has 2 aliphatic rings. The molecule has 0 spiro atoms. The van der Waals surface area contributed by atoms with Crippen LogP contribution in [0.3, 0.4) is 0 Å². The fourth-order valence-corrected chi connectivity index (χ4v) is 4.08. The van der Waals surface area contributed by atoms with Crippen molar-refractivity contribution in [2.24, 2.45) is 16.7 Å². The Kier molecular flexibility index (Phi) is 2.82. The van der Waals surface area contributed by atoms with Crippen molar-refractivity contribution in [3.8, 4) is 0 Å². The maximum Gasteiger partial charge on any atom is 0.359 e. The van der Waals surface area contributed by atoms with E-state index in [1.807, 2.05) is 0 Å². The zero-order valence-corrected chi connectivity index (χ0v) is 12.3. The molecule has 1 aromatic heterocycles. The van der Waals surface area contributed by atoms with Crippen molar-refractivity contribution in [2.45, 2.75) is 46.1 Å². The molecule has 2 saturated carbocycles. The van der Waals surface area contributed by atoms with Crippen molar-refractivity contribution in [3.63, 3.8) is 0 Å². The molecule has 3 unspecified atom stereocenters. The summed E-state index contributed by atoms with van der Waals surface area (Å²) in [6.07, 6.45) is 4.87. The summed E-state index contributed by atoms with van der Waals surface area (Å²) in [5.41, 5.74) is 6.70. The van der Waals surface area contributed by atoms with Crippen molar-refractivity contribution in [3.05, 3.63) is 24.0 Å². The van der Waals surface area contributed by atoms with Gasteiger partial charge in [-0.15, -0.1) is 0 Å². The number of esters is 1. The molecule has 1 aromatic rings. The number of carbonyl (C=O) groups excluding carboxylic acids is 1. The lowest BCUT2D eigenvalue weighted by Crippen LogP contribution is -2.38. The highest BCUT2D eigenvalue weighted by atomic mass is 16.5. The number of nitrogens with zero attached hydrogens (tertiary/aromatic N) is 1. The summed E-state index contributed by atoms with van der Waals surface area (Å²) in [6, 6.07) is 3.39. The fourth-order valence-electron chi connectivity index (χ4n) is 4.08. The summed E-state index contributed by atoms with van der Waals surface area (Å²) >= 11 is 0. The first-order valence-corrected chi connectivity index (χ1v) is 7.28. The zero-order chi connectivity index (χ0) is 14.5. The third kappa shape index (κ3) is 1.67. The fraction of sp³-hybridized carbons (Fsp3) is 0.625. The number of carbonyl (C=O) groups is 1. The minimum Gasteiger partial charge on any atom is -0.457 e. The Bertz CT molecular complexity index is 555. The summed E-state index contributed by atoms with van der Waals surface area (Å²) in [5.74, 6) is 0.254. The number of ether oxygens (including phenoxy) is 1. The van der Waals surface area contributed by atoms with Gasteiger partial charge >= 0.3 is 5.97 Å². The maximum atomic E-state index is 12.3. The highest BCUT2D eigenvalue weighted by molar-refractivity contribution is 5.92. The van der Waals surface area contributed by atoms with Crippen molar-refractivity contribution in [1.29, 1.82) is 0 Å². The molecular formula is C16H22N2O2. The van der Waals surface area contributed by atoms with Crippen LogP contribution in [0.1, 0.15) is 50.5 Å². The molecule has 0 amide bonds. The van der Waals surface area contributed by atoms with Crippen molar-refractivity contribution < 1.29 is 9.53 Å². The predicted molar refractivity (Wildman–Crippen MR) is 77.1 cm³/mol. The van der Waals surface area contributed by atoms with E-state index in [-0.39, 0.29) is 22.6 Å². The van der Waals surface area contributed by atoms with Crippen LogP contribution in [0.25, 0.3) is 0 Å². The van der Waals surface area contributed by atoms with Crippen molar-refractivity contribution >= 4 is 11.7 Å². The van der Waals surface area contributed by atoms with E-state index in [1.54, 1.807) is 18.3 Å². The van der Waals surface area contributed by atoms with Crippen LogP contribution < -0.4 is 5.73 Å². The van der Waals surface area contributed by atoms with E-state index in [0.29, 0.717) is 11.6 Å². The molecule has 0 aromatic carbocycles. The summed E-state index contributed by atoms with van der Waals surface area (Å²) in [7, 11) is 0. The van der Waals surface area contributed by atoms with Crippen molar-refractivity contribution in [1.82, 2.24) is 4.98 Å². The Labute approximate surface area is 119 Å². The average Bonchev–Trinajstić information content (AvgIpc) is 2.72. The predicted octanol–water partition coefficient (Wildman–Crippen LogP) is 3.04. The topological polar surface area (TPSA) is 65.2 Å². The Morgan fingerprint density at radius 3 is 2.75 bits per heavy atom. The van der Waals surface area contributed by atoms with Crippen LogP contribution in [0.2, 0.25) is 0 Å². The van der Waals surface area contributed by atoms with Gasteiger partial charge < -0.3 is 10.5 Å². The minimum absolute atomic E-state index is 0.0230. The lowest BCUT2D eigenvalue weighted by atomic mass is 9.70. The lowest BCUT2D eigenvalue weighted by molar-refractivity contribution is -0.0246. The van der Waals surface area contributed by atoms with Crippen molar-refractivity contribution in [2.75, 3.05) is 5.73 Å². The number of nitrogen functional groups attached to an aromatic ring is 1. The van der Waals surface area contributed by atoms with Crippen LogP contribution in [0.4, 0.5) is 5.69 Å². The molecule has 3 rings (SSSR count). The quantitative estimate of drug-likeness (QED) is 0.842. The number of anilines is 1. The molecule has 1 heterocycles. The van der Waals surface area contributed by atoms with E-state index < -0.39 is 5.97 Å². The zero-order valence-electron chi connectivity index (χ0n) is 12.3. The summed E-state index contributed by atoms with van der Waals surface area (Å²) in [5, 5.41) is 0. The third-order valence-corrected chi connectivity index (χ3v) is 6.00. The molecular weight excluding hydrogens is 252 g/mol. The molecule has 108 valence electrons. The summed E-state index contributed by atoms with van der Waals surface area (Å²) < 4.78 is 5.77. The second-order valence-electron chi connectivity index (χ2n) is 6.95. The molecule has 20 heavy (non-hydrogen) atoms. The number of hydrogen-bond donors (Lipinski definition) is 1. The van der Waals surface area contributed by atoms with Crippen LogP contribution in [0.15, 0.2) is 18.3 Å². The molecule has 0 aliphatic heterocycles. The molecule has 2 bridgehead atoms. The van der Waals surface area contributed by atoms with Gasteiger partial charge in [-0.3, -0.25) is 0 Å². The number of nitrogens with two attached hydrogens (primary N) is 1. The first-order valence-electron chi connectivity index (χ1n) is 7.28. The van der Waals surface area contributed by atoms with E-state index in [4.69, 9.17) is 10.5 Å². The SMILES string of the molecule is CC1(C)C2CCC1(C)C(OC(=O)c1ncccc1N)C2. The van der Waals surface area contributed by atoms with Gasteiger partial charge in [0.05, 0.1) is 5.69 Å². The normalized spacial score (nSPS) is 34.1. The van der Waals surface area contributed by atoms with Gasteiger partial charge in [-0.2, -0.15) is 0 Å². The number of fused-ring (bicyclic) bond motifs is 2. The van der Waals surface area contributed by atoms with Gasteiger partial charge in [0.25, 0.3) is 0 Å². The molecule has 4 heteroatoms. The number of rotatable bonds is 2. The van der Waals surface area contributed by atoms with Gasteiger partial charge in [0.15, 0.2) is 5.69 Å². The smallest absolute Gasteiger partial charge is 0.359 e. The number of aromatic nitrogens is 1. The van der Waals surface area contributed by atoms with Gasteiger partial charge in [0.1, 0.15) is 6.10 Å². The first-order chi connectivity index (χ1) is 9.36. The Hall–Kier alpha value is -1.58. The highest BCUT2D eigenvalue weighted by Gasteiger charge is 2.62. The van der Waals surface area contributed by atoms with E-state index in [1.165, 1.54) is 6.42 Å².